The standard InChI is InChI=1S/C11H21N3O2/c1-6(2)9(7(3)12)11-13-10(14-16-11)8(4)15-5/h6-9H,12H2,1-5H3. The number of nitrogens with two attached hydrogens (primary N) is 1. The van der Waals surface area contributed by atoms with Gasteiger partial charge < -0.3 is 15.0 Å². The molecular formula is C11H21N3O2. The molecule has 16 heavy (non-hydrogen) atoms. The maximum atomic E-state index is 5.93. The Kier molecular flexibility index (Phi) is 4.44. The van der Waals surface area contributed by atoms with Crippen molar-refractivity contribution in [3.63, 3.8) is 0 Å². The van der Waals surface area contributed by atoms with Crippen molar-refractivity contribution in [1.29, 1.82) is 0 Å². The molecule has 3 atom stereocenters. The molecule has 1 aromatic heterocycles. The molecular weight excluding hydrogens is 206 g/mol. The number of hydrogen-bond donors (Lipinski definition) is 1. The lowest BCUT2D eigenvalue weighted by molar-refractivity contribution is 0.109. The lowest BCUT2D eigenvalue weighted by atomic mass is 9.90. The van der Waals surface area contributed by atoms with Crippen molar-refractivity contribution >= 4 is 0 Å². The molecule has 0 aliphatic rings. The van der Waals surface area contributed by atoms with Crippen LogP contribution >= 0.6 is 0 Å². The number of methoxy groups -OCH3 is 1. The van der Waals surface area contributed by atoms with E-state index in [1.165, 1.54) is 0 Å². The molecule has 0 radical (unpaired) electrons. The Bertz CT molecular complexity index is 315. The molecule has 0 saturated heterocycles. The molecule has 0 fully saturated rings. The van der Waals surface area contributed by atoms with Gasteiger partial charge in [-0.15, -0.1) is 0 Å². The molecule has 1 rings (SSSR count). The summed E-state index contributed by atoms with van der Waals surface area (Å²) < 4.78 is 10.4. The lowest BCUT2D eigenvalue weighted by Gasteiger charge is -2.20. The van der Waals surface area contributed by atoms with Gasteiger partial charge in [-0.1, -0.05) is 19.0 Å². The Balaban J connectivity index is 2.90. The zero-order chi connectivity index (χ0) is 12.3. The van der Waals surface area contributed by atoms with E-state index >= 15 is 0 Å². The Morgan fingerprint density at radius 3 is 2.31 bits per heavy atom. The van der Waals surface area contributed by atoms with Gasteiger partial charge in [0.25, 0.3) is 0 Å². The normalized spacial score (nSPS) is 17.4. The Morgan fingerprint density at radius 2 is 1.88 bits per heavy atom. The zero-order valence-corrected chi connectivity index (χ0v) is 10.6. The maximum absolute atomic E-state index is 5.93. The average molecular weight is 227 g/mol. The van der Waals surface area contributed by atoms with Crippen LogP contribution < -0.4 is 5.73 Å². The molecule has 0 aliphatic carbocycles. The number of hydrogen-bond acceptors (Lipinski definition) is 5. The minimum atomic E-state index is -0.154. The molecule has 0 amide bonds. The minimum absolute atomic E-state index is 0.00819. The van der Waals surface area contributed by atoms with E-state index in [2.05, 4.69) is 24.0 Å². The summed E-state index contributed by atoms with van der Waals surface area (Å²) in [5, 5.41) is 3.91. The van der Waals surface area contributed by atoms with Gasteiger partial charge in [0.1, 0.15) is 6.10 Å². The van der Waals surface area contributed by atoms with Gasteiger partial charge in [0, 0.05) is 13.2 Å². The van der Waals surface area contributed by atoms with Gasteiger partial charge in [-0.3, -0.25) is 0 Å². The fraction of sp³-hybridized carbons (Fsp3) is 0.818. The van der Waals surface area contributed by atoms with Gasteiger partial charge in [0.2, 0.25) is 5.89 Å². The fourth-order valence-corrected chi connectivity index (χ4v) is 1.77. The topological polar surface area (TPSA) is 74.2 Å². The number of ether oxygens (including phenoxy) is 1. The van der Waals surface area contributed by atoms with Crippen LogP contribution in [0.15, 0.2) is 4.52 Å². The third kappa shape index (κ3) is 2.80. The van der Waals surface area contributed by atoms with Crippen molar-refractivity contribution < 1.29 is 9.26 Å². The summed E-state index contributed by atoms with van der Waals surface area (Å²) in [6, 6.07) is -0.00819. The maximum Gasteiger partial charge on any atom is 0.231 e. The van der Waals surface area contributed by atoms with E-state index in [1.54, 1.807) is 7.11 Å². The van der Waals surface area contributed by atoms with Crippen molar-refractivity contribution in [1.82, 2.24) is 10.1 Å². The molecule has 0 aromatic carbocycles. The first-order valence-electron chi connectivity index (χ1n) is 5.59. The van der Waals surface area contributed by atoms with Gasteiger partial charge in [0.05, 0.1) is 5.92 Å². The monoisotopic (exact) mass is 227 g/mol. The van der Waals surface area contributed by atoms with Crippen molar-refractivity contribution in [2.75, 3.05) is 7.11 Å². The molecule has 1 heterocycles. The Morgan fingerprint density at radius 1 is 1.25 bits per heavy atom. The van der Waals surface area contributed by atoms with E-state index in [0.29, 0.717) is 17.6 Å². The van der Waals surface area contributed by atoms with Crippen LogP contribution in [-0.4, -0.2) is 23.3 Å². The highest BCUT2D eigenvalue weighted by Gasteiger charge is 2.27. The van der Waals surface area contributed by atoms with E-state index in [1.807, 2.05) is 13.8 Å². The van der Waals surface area contributed by atoms with Gasteiger partial charge in [0.15, 0.2) is 5.82 Å². The first kappa shape index (κ1) is 13.1. The molecule has 1 aromatic rings. The summed E-state index contributed by atoms with van der Waals surface area (Å²) in [6.07, 6.45) is -0.154. The number of nitrogens with zero attached hydrogens (tertiary/aromatic N) is 2. The van der Waals surface area contributed by atoms with Crippen molar-refractivity contribution in [3.8, 4) is 0 Å². The van der Waals surface area contributed by atoms with Crippen LogP contribution in [0.4, 0.5) is 0 Å². The van der Waals surface area contributed by atoms with Crippen molar-refractivity contribution in [2.24, 2.45) is 11.7 Å². The molecule has 0 saturated carbocycles. The smallest absolute Gasteiger partial charge is 0.231 e. The van der Waals surface area contributed by atoms with E-state index in [-0.39, 0.29) is 18.1 Å². The first-order valence-corrected chi connectivity index (χ1v) is 5.59. The van der Waals surface area contributed by atoms with E-state index < -0.39 is 0 Å². The summed E-state index contributed by atoms with van der Waals surface area (Å²) in [4.78, 5) is 4.34. The summed E-state index contributed by atoms with van der Waals surface area (Å²) in [7, 11) is 1.62. The van der Waals surface area contributed by atoms with E-state index in [9.17, 15) is 0 Å². The number of aromatic nitrogens is 2. The zero-order valence-electron chi connectivity index (χ0n) is 10.6. The van der Waals surface area contributed by atoms with Crippen molar-refractivity contribution in [2.45, 2.75) is 45.8 Å². The average Bonchev–Trinajstić information content (AvgIpc) is 2.64. The Labute approximate surface area is 96.4 Å². The van der Waals surface area contributed by atoms with Crippen LogP contribution in [0, 0.1) is 5.92 Å². The second-order valence-electron chi connectivity index (χ2n) is 4.50. The molecule has 92 valence electrons. The highest BCUT2D eigenvalue weighted by atomic mass is 16.5. The van der Waals surface area contributed by atoms with Crippen LogP contribution in [0.25, 0.3) is 0 Å². The summed E-state index contributed by atoms with van der Waals surface area (Å²) >= 11 is 0. The second kappa shape index (κ2) is 5.41. The molecule has 3 unspecified atom stereocenters. The highest BCUT2D eigenvalue weighted by Crippen LogP contribution is 2.26. The third-order valence-electron chi connectivity index (χ3n) is 2.74. The van der Waals surface area contributed by atoms with Gasteiger partial charge in [-0.25, -0.2) is 0 Å². The van der Waals surface area contributed by atoms with Crippen LogP contribution in [0.2, 0.25) is 0 Å². The molecule has 0 aliphatic heterocycles. The quantitative estimate of drug-likeness (QED) is 0.831. The Hall–Kier alpha value is -0.940. The van der Waals surface area contributed by atoms with Crippen LogP contribution in [0.3, 0.4) is 0 Å². The third-order valence-corrected chi connectivity index (χ3v) is 2.74. The van der Waals surface area contributed by atoms with Gasteiger partial charge >= 0.3 is 0 Å². The second-order valence-corrected chi connectivity index (χ2v) is 4.50. The van der Waals surface area contributed by atoms with Crippen LogP contribution in [0.5, 0.6) is 0 Å². The molecule has 5 nitrogen and oxygen atoms in total. The largest absolute Gasteiger partial charge is 0.374 e. The fourth-order valence-electron chi connectivity index (χ4n) is 1.77. The predicted molar refractivity (Wildman–Crippen MR) is 61.0 cm³/mol. The molecule has 5 heteroatoms. The molecule has 0 bridgehead atoms. The van der Waals surface area contributed by atoms with E-state index in [4.69, 9.17) is 15.0 Å². The molecule has 0 spiro atoms. The lowest BCUT2D eigenvalue weighted by Crippen LogP contribution is -2.28. The minimum Gasteiger partial charge on any atom is -0.374 e. The predicted octanol–water partition coefficient (Wildman–Crippen LogP) is 1.86. The SMILES string of the molecule is COC(C)c1noc(C(C(C)C)C(C)N)n1. The summed E-state index contributed by atoms with van der Waals surface area (Å²) in [5.74, 6) is 1.63. The van der Waals surface area contributed by atoms with Crippen LogP contribution in [-0.2, 0) is 4.74 Å². The summed E-state index contributed by atoms with van der Waals surface area (Å²) in [6.45, 7) is 8.02. The van der Waals surface area contributed by atoms with Gasteiger partial charge in [-0.05, 0) is 19.8 Å². The van der Waals surface area contributed by atoms with E-state index in [0.717, 1.165) is 0 Å². The summed E-state index contributed by atoms with van der Waals surface area (Å²) in [5.41, 5.74) is 5.93. The van der Waals surface area contributed by atoms with Crippen LogP contribution in [0.1, 0.15) is 51.4 Å². The number of rotatable bonds is 5. The molecule has 2 N–H and O–H groups in total. The first-order chi connectivity index (χ1) is 7.47. The van der Waals surface area contributed by atoms with Gasteiger partial charge in [-0.2, -0.15) is 4.98 Å². The highest BCUT2D eigenvalue weighted by molar-refractivity contribution is 5.00. The van der Waals surface area contributed by atoms with Crippen molar-refractivity contribution in [3.05, 3.63) is 11.7 Å².